The molecule has 0 spiro atoms. The smallest absolute Gasteiger partial charge is 0.120 e. The van der Waals surface area contributed by atoms with E-state index in [0.29, 0.717) is 6.10 Å². The first-order valence-corrected chi connectivity index (χ1v) is 7.50. The Labute approximate surface area is 115 Å². The summed E-state index contributed by atoms with van der Waals surface area (Å²) < 4.78 is 6.16. The molecule has 0 heterocycles. The van der Waals surface area contributed by atoms with Crippen molar-refractivity contribution < 1.29 is 4.74 Å². The summed E-state index contributed by atoms with van der Waals surface area (Å²) in [5.74, 6) is 1.95. The van der Waals surface area contributed by atoms with Crippen LogP contribution in [0.1, 0.15) is 39.0 Å². The summed E-state index contributed by atoms with van der Waals surface area (Å²) in [5.41, 5.74) is 0. The van der Waals surface area contributed by atoms with Crippen LogP contribution in [0.25, 0.3) is 10.8 Å². The van der Waals surface area contributed by atoms with Crippen molar-refractivity contribution >= 4 is 10.8 Å². The maximum absolute atomic E-state index is 6.16. The summed E-state index contributed by atoms with van der Waals surface area (Å²) >= 11 is 0. The lowest BCUT2D eigenvalue weighted by Gasteiger charge is -2.28. The molecule has 0 N–H and O–H groups in total. The van der Waals surface area contributed by atoms with E-state index in [-0.39, 0.29) is 0 Å². The van der Waals surface area contributed by atoms with E-state index >= 15 is 0 Å². The molecule has 1 nitrogen and oxygen atoms in total. The quantitative estimate of drug-likeness (QED) is 0.732. The first kappa shape index (κ1) is 12.5. The van der Waals surface area contributed by atoms with Crippen molar-refractivity contribution in [2.45, 2.75) is 45.1 Å². The van der Waals surface area contributed by atoms with Crippen LogP contribution in [0.4, 0.5) is 0 Å². The van der Waals surface area contributed by atoms with Crippen LogP contribution < -0.4 is 4.74 Å². The van der Waals surface area contributed by atoms with Crippen LogP contribution in [0.3, 0.4) is 0 Å². The van der Waals surface area contributed by atoms with Gasteiger partial charge in [-0.25, -0.2) is 0 Å². The van der Waals surface area contributed by atoms with Gasteiger partial charge in [-0.05, 0) is 54.5 Å². The SMILES string of the molecule is CCC1CCC(Oc2ccc3ccccc3c2)CC1. The molecule has 1 saturated carbocycles. The summed E-state index contributed by atoms with van der Waals surface area (Å²) in [4.78, 5) is 0. The van der Waals surface area contributed by atoms with Gasteiger partial charge in [-0.1, -0.05) is 43.7 Å². The minimum absolute atomic E-state index is 0.420. The van der Waals surface area contributed by atoms with Gasteiger partial charge in [0.2, 0.25) is 0 Å². The molecular formula is C18H22O. The highest BCUT2D eigenvalue weighted by Gasteiger charge is 2.21. The van der Waals surface area contributed by atoms with Gasteiger partial charge in [-0.2, -0.15) is 0 Å². The van der Waals surface area contributed by atoms with Crippen molar-refractivity contribution in [3.05, 3.63) is 42.5 Å². The Bertz CT molecular complexity index is 538. The summed E-state index contributed by atoms with van der Waals surface area (Å²) in [7, 11) is 0. The van der Waals surface area contributed by atoms with Crippen molar-refractivity contribution in [3.8, 4) is 5.75 Å². The minimum atomic E-state index is 0.420. The monoisotopic (exact) mass is 254 g/mol. The molecule has 0 amide bonds. The number of rotatable bonds is 3. The predicted molar refractivity (Wildman–Crippen MR) is 80.6 cm³/mol. The van der Waals surface area contributed by atoms with E-state index < -0.39 is 0 Å². The highest BCUT2D eigenvalue weighted by Crippen LogP contribution is 2.30. The Hall–Kier alpha value is -1.50. The van der Waals surface area contributed by atoms with E-state index in [4.69, 9.17) is 4.74 Å². The number of hydrogen-bond donors (Lipinski definition) is 0. The van der Waals surface area contributed by atoms with Gasteiger partial charge in [-0.3, -0.25) is 0 Å². The number of fused-ring (bicyclic) bond motifs is 1. The topological polar surface area (TPSA) is 9.23 Å². The fourth-order valence-electron chi connectivity index (χ4n) is 3.09. The van der Waals surface area contributed by atoms with Crippen molar-refractivity contribution in [3.63, 3.8) is 0 Å². The van der Waals surface area contributed by atoms with Crippen LogP contribution in [-0.4, -0.2) is 6.10 Å². The average Bonchev–Trinajstić information content (AvgIpc) is 2.48. The summed E-state index contributed by atoms with van der Waals surface area (Å²) in [6.07, 6.45) is 6.83. The molecule has 3 rings (SSSR count). The molecule has 1 heteroatoms. The van der Waals surface area contributed by atoms with E-state index in [2.05, 4.69) is 49.4 Å². The standard InChI is InChI=1S/C18H22O/c1-2-14-7-10-17(11-8-14)19-18-12-9-15-5-3-4-6-16(15)13-18/h3-6,9,12-14,17H,2,7-8,10-11H2,1H3. The molecule has 0 bridgehead atoms. The van der Waals surface area contributed by atoms with Gasteiger partial charge < -0.3 is 4.74 Å². The molecule has 19 heavy (non-hydrogen) atoms. The zero-order valence-corrected chi connectivity index (χ0v) is 11.6. The second-order valence-electron chi connectivity index (χ2n) is 5.68. The Morgan fingerprint density at radius 3 is 2.42 bits per heavy atom. The Morgan fingerprint density at radius 1 is 0.947 bits per heavy atom. The van der Waals surface area contributed by atoms with E-state index in [0.717, 1.165) is 11.7 Å². The molecule has 0 aromatic heterocycles. The molecule has 0 saturated heterocycles. The largest absolute Gasteiger partial charge is 0.490 e. The summed E-state index contributed by atoms with van der Waals surface area (Å²) in [6.45, 7) is 2.30. The molecule has 100 valence electrons. The van der Waals surface area contributed by atoms with Crippen molar-refractivity contribution in [2.75, 3.05) is 0 Å². The second kappa shape index (κ2) is 5.64. The van der Waals surface area contributed by atoms with Gasteiger partial charge in [0.15, 0.2) is 0 Å². The number of ether oxygens (including phenoxy) is 1. The zero-order chi connectivity index (χ0) is 13.1. The lowest BCUT2D eigenvalue weighted by Crippen LogP contribution is -2.23. The van der Waals surface area contributed by atoms with Crippen molar-refractivity contribution in [1.29, 1.82) is 0 Å². The fraction of sp³-hybridized carbons (Fsp3) is 0.444. The molecule has 0 radical (unpaired) electrons. The molecular weight excluding hydrogens is 232 g/mol. The molecule has 1 fully saturated rings. The van der Waals surface area contributed by atoms with Gasteiger partial charge in [0, 0.05) is 0 Å². The highest BCUT2D eigenvalue weighted by molar-refractivity contribution is 5.83. The van der Waals surface area contributed by atoms with Gasteiger partial charge >= 0.3 is 0 Å². The van der Waals surface area contributed by atoms with E-state index in [1.54, 1.807) is 0 Å². The minimum Gasteiger partial charge on any atom is -0.490 e. The lowest BCUT2D eigenvalue weighted by molar-refractivity contribution is 0.130. The van der Waals surface area contributed by atoms with Crippen LogP contribution in [0.5, 0.6) is 5.75 Å². The molecule has 1 aliphatic carbocycles. The third-order valence-electron chi connectivity index (χ3n) is 4.39. The molecule has 0 aliphatic heterocycles. The number of benzene rings is 2. The molecule has 0 unspecified atom stereocenters. The average molecular weight is 254 g/mol. The van der Waals surface area contributed by atoms with Crippen molar-refractivity contribution in [2.24, 2.45) is 5.92 Å². The van der Waals surface area contributed by atoms with Gasteiger partial charge in [0.05, 0.1) is 6.10 Å². The Kier molecular flexibility index (Phi) is 3.72. The Morgan fingerprint density at radius 2 is 1.68 bits per heavy atom. The Balaban J connectivity index is 1.68. The maximum atomic E-state index is 6.16. The predicted octanol–water partition coefficient (Wildman–Crippen LogP) is 5.19. The van der Waals surface area contributed by atoms with Crippen LogP contribution in [0, 0.1) is 5.92 Å². The van der Waals surface area contributed by atoms with E-state index in [1.165, 1.54) is 42.9 Å². The van der Waals surface area contributed by atoms with Crippen LogP contribution in [0.15, 0.2) is 42.5 Å². The van der Waals surface area contributed by atoms with Crippen molar-refractivity contribution in [1.82, 2.24) is 0 Å². The zero-order valence-electron chi connectivity index (χ0n) is 11.6. The van der Waals surface area contributed by atoms with E-state index in [9.17, 15) is 0 Å². The third-order valence-corrected chi connectivity index (χ3v) is 4.39. The summed E-state index contributed by atoms with van der Waals surface area (Å²) in [6, 6.07) is 14.9. The third kappa shape index (κ3) is 2.91. The maximum Gasteiger partial charge on any atom is 0.120 e. The normalized spacial score (nSPS) is 23.4. The summed E-state index contributed by atoms with van der Waals surface area (Å²) in [5, 5.41) is 2.55. The second-order valence-corrected chi connectivity index (χ2v) is 5.68. The van der Waals surface area contributed by atoms with Crippen LogP contribution >= 0.6 is 0 Å². The first-order valence-electron chi connectivity index (χ1n) is 7.50. The lowest BCUT2D eigenvalue weighted by atomic mass is 9.86. The van der Waals surface area contributed by atoms with Gasteiger partial charge in [-0.15, -0.1) is 0 Å². The first-order chi connectivity index (χ1) is 9.35. The fourth-order valence-corrected chi connectivity index (χ4v) is 3.09. The molecule has 2 aromatic rings. The van der Waals surface area contributed by atoms with Crippen LogP contribution in [-0.2, 0) is 0 Å². The van der Waals surface area contributed by atoms with E-state index in [1.807, 2.05) is 0 Å². The highest BCUT2D eigenvalue weighted by atomic mass is 16.5. The van der Waals surface area contributed by atoms with Gasteiger partial charge in [0.1, 0.15) is 5.75 Å². The van der Waals surface area contributed by atoms with Crippen LogP contribution in [0.2, 0.25) is 0 Å². The molecule has 2 aromatic carbocycles. The molecule has 1 aliphatic rings. The molecule has 0 atom stereocenters. The van der Waals surface area contributed by atoms with Gasteiger partial charge in [0.25, 0.3) is 0 Å². The number of hydrogen-bond acceptors (Lipinski definition) is 1.